The largest absolute Gasteiger partial charge is 0.468 e. The second-order valence-electron chi connectivity index (χ2n) is 6.11. The minimum absolute atomic E-state index is 0.110. The van der Waals surface area contributed by atoms with Crippen LogP contribution in [0, 0.1) is 5.92 Å². The van der Waals surface area contributed by atoms with E-state index in [9.17, 15) is 9.90 Å². The Hall–Kier alpha value is -1.17. The van der Waals surface area contributed by atoms with Gasteiger partial charge in [0.15, 0.2) is 0 Å². The number of methoxy groups -OCH3 is 1. The third-order valence-corrected chi connectivity index (χ3v) is 3.89. The summed E-state index contributed by atoms with van der Waals surface area (Å²) in [6.07, 6.45) is 4.77. The molecule has 0 aromatic carbocycles. The Kier molecular flexibility index (Phi) is 11.7. The Morgan fingerprint density at radius 1 is 1.30 bits per heavy atom. The lowest BCUT2D eigenvalue weighted by Crippen LogP contribution is -2.53. The van der Waals surface area contributed by atoms with E-state index in [1.807, 2.05) is 32.9 Å². The van der Waals surface area contributed by atoms with Crippen molar-refractivity contribution in [3.8, 4) is 0 Å². The number of hydrogen-bond donors (Lipinski definition) is 2. The monoisotopic (exact) mass is 326 g/mol. The zero-order valence-electron chi connectivity index (χ0n) is 15.1. The van der Waals surface area contributed by atoms with E-state index < -0.39 is 6.10 Å². The SMILES string of the molecule is C=CCN(CC=C)[C@H](CN[C@H](C(=O)OC)C(C)C)[C@@H](O)CCC. The van der Waals surface area contributed by atoms with Crippen molar-refractivity contribution in [2.24, 2.45) is 5.92 Å². The van der Waals surface area contributed by atoms with E-state index in [4.69, 9.17) is 4.74 Å². The second kappa shape index (κ2) is 12.3. The van der Waals surface area contributed by atoms with E-state index in [2.05, 4.69) is 23.4 Å². The van der Waals surface area contributed by atoms with Gasteiger partial charge in [-0.2, -0.15) is 0 Å². The molecule has 0 radical (unpaired) electrons. The van der Waals surface area contributed by atoms with Gasteiger partial charge in [-0.3, -0.25) is 9.69 Å². The normalized spacial score (nSPS) is 15.3. The first-order valence-electron chi connectivity index (χ1n) is 8.37. The van der Waals surface area contributed by atoms with Crippen molar-refractivity contribution in [3.05, 3.63) is 25.3 Å². The van der Waals surface area contributed by atoms with Crippen LogP contribution in [0.5, 0.6) is 0 Å². The van der Waals surface area contributed by atoms with Crippen LogP contribution in [0.15, 0.2) is 25.3 Å². The first-order valence-corrected chi connectivity index (χ1v) is 8.37. The summed E-state index contributed by atoms with van der Waals surface area (Å²) >= 11 is 0. The van der Waals surface area contributed by atoms with Crippen molar-refractivity contribution in [3.63, 3.8) is 0 Å². The summed E-state index contributed by atoms with van der Waals surface area (Å²) in [5, 5.41) is 13.8. The maximum absolute atomic E-state index is 11.9. The minimum Gasteiger partial charge on any atom is -0.468 e. The van der Waals surface area contributed by atoms with E-state index in [1.165, 1.54) is 7.11 Å². The van der Waals surface area contributed by atoms with E-state index in [0.717, 1.165) is 6.42 Å². The number of aliphatic hydroxyl groups is 1. The number of nitrogens with zero attached hydrogens (tertiary/aromatic N) is 1. The fraction of sp³-hybridized carbons (Fsp3) is 0.722. The first kappa shape index (κ1) is 21.8. The molecule has 0 aromatic rings. The van der Waals surface area contributed by atoms with Gasteiger partial charge in [-0.1, -0.05) is 39.3 Å². The third-order valence-electron chi connectivity index (χ3n) is 3.89. The second-order valence-corrected chi connectivity index (χ2v) is 6.11. The molecule has 0 heterocycles. The van der Waals surface area contributed by atoms with Gasteiger partial charge in [0.05, 0.1) is 13.2 Å². The highest BCUT2D eigenvalue weighted by atomic mass is 16.5. The highest BCUT2D eigenvalue weighted by Gasteiger charge is 2.28. The number of nitrogens with one attached hydrogen (secondary N) is 1. The molecule has 0 unspecified atom stereocenters. The Balaban J connectivity index is 5.07. The summed E-state index contributed by atoms with van der Waals surface area (Å²) < 4.78 is 4.86. The van der Waals surface area contributed by atoms with Crippen LogP contribution in [0.1, 0.15) is 33.6 Å². The number of rotatable bonds is 13. The molecule has 2 N–H and O–H groups in total. The number of hydrogen-bond acceptors (Lipinski definition) is 5. The molecule has 0 saturated heterocycles. The molecule has 3 atom stereocenters. The highest BCUT2D eigenvalue weighted by Crippen LogP contribution is 2.12. The zero-order chi connectivity index (χ0) is 17.8. The summed E-state index contributed by atoms with van der Waals surface area (Å²) in [6.45, 7) is 15.4. The number of esters is 1. The van der Waals surface area contributed by atoms with Crippen molar-refractivity contribution in [1.29, 1.82) is 0 Å². The van der Waals surface area contributed by atoms with Crippen molar-refractivity contribution < 1.29 is 14.6 Å². The lowest BCUT2D eigenvalue weighted by atomic mass is 10.0. The lowest BCUT2D eigenvalue weighted by Gasteiger charge is -2.35. The first-order chi connectivity index (χ1) is 10.9. The standard InChI is InChI=1S/C18H34N2O3/c1-7-10-16(21)15(20(11-8-2)12-9-3)13-19-17(14(4)5)18(22)23-6/h8-9,14-17,19,21H,2-3,7,10-13H2,1,4-6H3/t15-,16+,17+/m1/s1. The van der Waals surface area contributed by atoms with Crippen molar-refractivity contribution in [2.45, 2.75) is 51.8 Å². The molecule has 23 heavy (non-hydrogen) atoms. The van der Waals surface area contributed by atoms with Gasteiger partial charge in [0.2, 0.25) is 0 Å². The van der Waals surface area contributed by atoms with Gasteiger partial charge < -0.3 is 15.2 Å². The summed E-state index contributed by atoms with van der Waals surface area (Å²) in [5.41, 5.74) is 0. The van der Waals surface area contributed by atoms with Crippen LogP contribution in [0.2, 0.25) is 0 Å². The quantitative estimate of drug-likeness (QED) is 0.400. The van der Waals surface area contributed by atoms with Crippen LogP contribution in [0.4, 0.5) is 0 Å². The fourth-order valence-corrected chi connectivity index (χ4v) is 2.64. The number of ether oxygens (including phenoxy) is 1. The predicted molar refractivity (Wildman–Crippen MR) is 95.3 cm³/mol. The molecule has 0 rings (SSSR count). The van der Waals surface area contributed by atoms with Crippen molar-refractivity contribution in [1.82, 2.24) is 10.2 Å². The van der Waals surface area contributed by atoms with Gasteiger partial charge >= 0.3 is 5.97 Å². The maximum Gasteiger partial charge on any atom is 0.323 e. The van der Waals surface area contributed by atoms with Gasteiger partial charge in [-0.25, -0.2) is 0 Å². The van der Waals surface area contributed by atoms with Gasteiger partial charge in [0.1, 0.15) is 6.04 Å². The number of carbonyl (C=O) groups excluding carboxylic acids is 1. The van der Waals surface area contributed by atoms with Gasteiger partial charge in [0.25, 0.3) is 0 Å². The van der Waals surface area contributed by atoms with E-state index in [-0.39, 0.29) is 24.0 Å². The molecule has 5 nitrogen and oxygen atoms in total. The molecule has 0 saturated carbocycles. The lowest BCUT2D eigenvalue weighted by molar-refractivity contribution is -0.144. The smallest absolute Gasteiger partial charge is 0.323 e. The Bertz CT molecular complexity index is 348. The Morgan fingerprint density at radius 2 is 1.87 bits per heavy atom. The molecule has 0 fully saturated rings. The van der Waals surface area contributed by atoms with E-state index in [0.29, 0.717) is 26.1 Å². The van der Waals surface area contributed by atoms with Crippen LogP contribution in [0.25, 0.3) is 0 Å². The summed E-state index contributed by atoms with van der Waals surface area (Å²) in [6, 6.07) is -0.498. The van der Waals surface area contributed by atoms with Crippen molar-refractivity contribution in [2.75, 3.05) is 26.7 Å². The number of carbonyl (C=O) groups is 1. The average Bonchev–Trinajstić information content (AvgIpc) is 2.50. The molecular formula is C18H34N2O3. The fourth-order valence-electron chi connectivity index (χ4n) is 2.64. The van der Waals surface area contributed by atoms with Crippen LogP contribution >= 0.6 is 0 Å². The minimum atomic E-state index is -0.474. The Labute approximate surface area is 141 Å². The van der Waals surface area contributed by atoms with Crippen LogP contribution in [0.3, 0.4) is 0 Å². The van der Waals surface area contributed by atoms with Gasteiger partial charge in [-0.05, 0) is 12.3 Å². The topological polar surface area (TPSA) is 61.8 Å². The molecule has 0 aliphatic heterocycles. The van der Waals surface area contributed by atoms with Crippen molar-refractivity contribution >= 4 is 5.97 Å². The molecule has 0 bridgehead atoms. The van der Waals surface area contributed by atoms with Gasteiger partial charge in [0, 0.05) is 25.7 Å². The molecule has 0 amide bonds. The molecule has 0 spiro atoms. The summed E-state index contributed by atoms with van der Waals surface area (Å²) in [5.74, 6) is -0.165. The highest BCUT2D eigenvalue weighted by molar-refractivity contribution is 5.75. The van der Waals surface area contributed by atoms with E-state index >= 15 is 0 Å². The van der Waals surface area contributed by atoms with Crippen LogP contribution < -0.4 is 5.32 Å². The predicted octanol–water partition coefficient (Wildman–Crippen LogP) is 1.98. The zero-order valence-corrected chi connectivity index (χ0v) is 15.1. The van der Waals surface area contributed by atoms with Crippen LogP contribution in [-0.2, 0) is 9.53 Å². The molecular weight excluding hydrogens is 292 g/mol. The summed E-state index contributed by atoms with van der Waals surface area (Å²) in [4.78, 5) is 14.0. The molecule has 5 heteroatoms. The summed E-state index contributed by atoms with van der Waals surface area (Å²) in [7, 11) is 1.39. The maximum atomic E-state index is 11.9. The average molecular weight is 326 g/mol. The third kappa shape index (κ3) is 7.77. The Morgan fingerprint density at radius 3 is 2.26 bits per heavy atom. The van der Waals surface area contributed by atoms with Gasteiger partial charge in [-0.15, -0.1) is 13.2 Å². The van der Waals surface area contributed by atoms with E-state index in [1.54, 1.807) is 0 Å². The molecule has 0 aliphatic carbocycles. The van der Waals surface area contributed by atoms with Crippen LogP contribution in [-0.4, -0.2) is 60.9 Å². The molecule has 0 aromatic heterocycles. The molecule has 134 valence electrons. The molecule has 0 aliphatic rings. The number of aliphatic hydroxyl groups excluding tert-OH is 1.